The molecule has 6 heteroatoms. The monoisotopic (exact) mass is 382 g/mol. The molecule has 0 fully saturated rings. The van der Waals surface area contributed by atoms with E-state index in [0.717, 1.165) is 16.9 Å². The topological polar surface area (TPSA) is 68.7 Å². The summed E-state index contributed by atoms with van der Waals surface area (Å²) >= 11 is 0. The van der Waals surface area contributed by atoms with Gasteiger partial charge in [-0.05, 0) is 49.2 Å². The third kappa shape index (κ3) is 7.23. The first kappa shape index (κ1) is 21.2. The van der Waals surface area contributed by atoms with Crippen molar-refractivity contribution in [1.29, 1.82) is 0 Å². The lowest BCUT2D eigenvalue weighted by molar-refractivity contribution is -0.141. The molecule has 0 aliphatic heterocycles. The lowest BCUT2D eigenvalue weighted by Crippen LogP contribution is -2.31. The Hall–Kier alpha value is -3.15. The zero-order chi connectivity index (χ0) is 20.4. The van der Waals surface area contributed by atoms with Gasteiger partial charge in [0.05, 0.1) is 19.6 Å². The van der Waals surface area contributed by atoms with Gasteiger partial charge in [0.25, 0.3) is 0 Å². The second kappa shape index (κ2) is 10.9. The van der Waals surface area contributed by atoms with Crippen molar-refractivity contribution in [3.63, 3.8) is 0 Å². The Morgan fingerprint density at radius 2 is 2.04 bits per heavy atom. The number of methoxy groups -OCH3 is 1. The van der Waals surface area contributed by atoms with Gasteiger partial charge >= 0.3 is 5.97 Å². The highest BCUT2D eigenvalue weighted by Crippen LogP contribution is 2.16. The Morgan fingerprint density at radius 1 is 1.21 bits per heavy atom. The molecule has 28 heavy (non-hydrogen) atoms. The van der Waals surface area contributed by atoms with Crippen LogP contribution in [0.2, 0.25) is 0 Å². The van der Waals surface area contributed by atoms with Gasteiger partial charge in [-0.25, -0.2) is 0 Å². The van der Waals surface area contributed by atoms with E-state index in [4.69, 9.17) is 4.74 Å². The maximum atomic E-state index is 12.7. The summed E-state index contributed by atoms with van der Waals surface area (Å²) in [5, 5.41) is 0. The van der Waals surface area contributed by atoms with Crippen molar-refractivity contribution < 1.29 is 19.1 Å². The number of carbonyl (C=O) groups excluding carboxylic acids is 2. The summed E-state index contributed by atoms with van der Waals surface area (Å²) in [5.41, 5.74) is 1.75. The first-order chi connectivity index (χ1) is 13.5. The SMILES string of the molecule is COC(=O)CCN(Cc1cccnc1)C(=O)/C=C/c1cccc(OC(C)C)c1. The number of nitrogens with zero attached hydrogens (tertiary/aromatic N) is 2. The van der Waals surface area contributed by atoms with Crippen LogP contribution in [0.3, 0.4) is 0 Å². The van der Waals surface area contributed by atoms with Crippen LogP contribution in [0.1, 0.15) is 31.4 Å². The molecule has 0 spiro atoms. The largest absolute Gasteiger partial charge is 0.491 e. The van der Waals surface area contributed by atoms with E-state index in [0.29, 0.717) is 6.54 Å². The molecular weight excluding hydrogens is 356 g/mol. The summed E-state index contributed by atoms with van der Waals surface area (Å²) in [6.45, 7) is 4.55. The highest BCUT2D eigenvalue weighted by Gasteiger charge is 2.14. The predicted molar refractivity (Wildman–Crippen MR) is 108 cm³/mol. The Kier molecular flexibility index (Phi) is 8.21. The van der Waals surface area contributed by atoms with Gasteiger partial charge in [-0.1, -0.05) is 18.2 Å². The van der Waals surface area contributed by atoms with Crippen LogP contribution in [0.4, 0.5) is 0 Å². The van der Waals surface area contributed by atoms with Crippen molar-refractivity contribution >= 4 is 18.0 Å². The fraction of sp³-hybridized carbons (Fsp3) is 0.318. The van der Waals surface area contributed by atoms with Crippen molar-refractivity contribution in [2.75, 3.05) is 13.7 Å². The molecule has 2 aromatic rings. The molecule has 2 rings (SSSR count). The molecule has 0 bridgehead atoms. The number of benzene rings is 1. The molecule has 0 atom stereocenters. The van der Waals surface area contributed by atoms with Gasteiger partial charge in [0.1, 0.15) is 5.75 Å². The quantitative estimate of drug-likeness (QED) is 0.491. The molecule has 0 N–H and O–H groups in total. The fourth-order valence-corrected chi connectivity index (χ4v) is 2.54. The summed E-state index contributed by atoms with van der Waals surface area (Å²) in [6, 6.07) is 11.2. The Balaban J connectivity index is 2.09. The summed E-state index contributed by atoms with van der Waals surface area (Å²) in [4.78, 5) is 29.9. The van der Waals surface area contributed by atoms with Crippen LogP contribution >= 0.6 is 0 Å². The molecule has 6 nitrogen and oxygen atoms in total. The summed E-state index contributed by atoms with van der Waals surface area (Å²) in [5.74, 6) is 0.206. The van der Waals surface area contributed by atoms with Crippen LogP contribution in [0.25, 0.3) is 6.08 Å². The standard InChI is InChI=1S/C22H26N2O4/c1-17(2)28-20-8-4-6-18(14-20)9-10-21(25)24(13-11-22(26)27-3)16-19-7-5-12-23-15-19/h4-10,12,14-15,17H,11,13,16H2,1-3H3/b10-9+. The molecule has 0 saturated heterocycles. The average Bonchev–Trinajstić information content (AvgIpc) is 2.69. The van der Waals surface area contributed by atoms with Crippen molar-refractivity contribution in [3.05, 3.63) is 66.0 Å². The lowest BCUT2D eigenvalue weighted by atomic mass is 10.2. The number of pyridine rings is 1. The van der Waals surface area contributed by atoms with E-state index >= 15 is 0 Å². The van der Waals surface area contributed by atoms with Gasteiger partial charge < -0.3 is 14.4 Å². The minimum Gasteiger partial charge on any atom is -0.491 e. The second-order valence-electron chi connectivity index (χ2n) is 6.52. The first-order valence-corrected chi connectivity index (χ1v) is 9.17. The number of amides is 1. The van der Waals surface area contributed by atoms with Gasteiger partial charge in [0.15, 0.2) is 0 Å². The fourth-order valence-electron chi connectivity index (χ4n) is 2.54. The maximum Gasteiger partial charge on any atom is 0.307 e. The number of hydrogen-bond donors (Lipinski definition) is 0. The van der Waals surface area contributed by atoms with Crippen molar-refractivity contribution in [2.24, 2.45) is 0 Å². The highest BCUT2D eigenvalue weighted by atomic mass is 16.5. The molecule has 1 heterocycles. The number of hydrogen-bond acceptors (Lipinski definition) is 5. The Morgan fingerprint density at radius 3 is 2.71 bits per heavy atom. The van der Waals surface area contributed by atoms with Crippen LogP contribution in [-0.4, -0.2) is 41.5 Å². The van der Waals surface area contributed by atoms with Crippen LogP contribution in [0.5, 0.6) is 5.75 Å². The van der Waals surface area contributed by atoms with Gasteiger partial charge in [0.2, 0.25) is 5.91 Å². The van der Waals surface area contributed by atoms with E-state index in [2.05, 4.69) is 9.72 Å². The Labute approximate surface area is 165 Å². The summed E-state index contributed by atoms with van der Waals surface area (Å²) < 4.78 is 10.4. The van der Waals surface area contributed by atoms with Gasteiger partial charge in [-0.2, -0.15) is 0 Å². The van der Waals surface area contributed by atoms with Crippen LogP contribution < -0.4 is 4.74 Å². The third-order valence-electron chi connectivity index (χ3n) is 3.87. The molecule has 0 radical (unpaired) electrons. The number of carbonyl (C=O) groups is 2. The predicted octanol–water partition coefficient (Wildman–Crippen LogP) is 3.47. The van der Waals surface area contributed by atoms with Crippen LogP contribution in [-0.2, 0) is 20.9 Å². The second-order valence-corrected chi connectivity index (χ2v) is 6.52. The number of aromatic nitrogens is 1. The van der Waals surface area contributed by atoms with Crippen LogP contribution in [0, 0.1) is 0 Å². The summed E-state index contributed by atoms with van der Waals surface area (Å²) in [6.07, 6.45) is 6.83. The van der Waals surface area contributed by atoms with Gasteiger partial charge in [-0.3, -0.25) is 14.6 Å². The molecule has 0 aliphatic carbocycles. The number of ether oxygens (including phenoxy) is 2. The zero-order valence-corrected chi connectivity index (χ0v) is 16.5. The number of esters is 1. The molecule has 0 unspecified atom stereocenters. The van der Waals surface area contributed by atoms with Gasteiger partial charge in [-0.15, -0.1) is 0 Å². The minimum absolute atomic E-state index is 0.0779. The van der Waals surface area contributed by atoms with E-state index in [1.165, 1.54) is 13.2 Å². The van der Waals surface area contributed by atoms with E-state index < -0.39 is 0 Å². The molecule has 148 valence electrons. The average molecular weight is 382 g/mol. The highest BCUT2D eigenvalue weighted by molar-refractivity contribution is 5.92. The lowest BCUT2D eigenvalue weighted by Gasteiger charge is -2.20. The molecule has 1 aromatic heterocycles. The first-order valence-electron chi connectivity index (χ1n) is 9.17. The van der Waals surface area contributed by atoms with E-state index in [9.17, 15) is 9.59 Å². The van der Waals surface area contributed by atoms with E-state index in [-0.39, 0.29) is 30.9 Å². The van der Waals surface area contributed by atoms with Crippen molar-refractivity contribution in [1.82, 2.24) is 9.88 Å². The molecular formula is C22H26N2O4. The smallest absolute Gasteiger partial charge is 0.307 e. The van der Waals surface area contributed by atoms with Crippen molar-refractivity contribution in [2.45, 2.75) is 32.9 Å². The van der Waals surface area contributed by atoms with E-state index in [1.807, 2.05) is 50.2 Å². The maximum absolute atomic E-state index is 12.7. The minimum atomic E-state index is -0.355. The zero-order valence-electron chi connectivity index (χ0n) is 16.5. The summed E-state index contributed by atoms with van der Waals surface area (Å²) in [7, 11) is 1.34. The number of rotatable bonds is 9. The molecule has 1 amide bonds. The van der Waals surface area contributed by atoms with Crippen molar-refractivity contribution in [3.8, 4) is 5.75 Å². The normalized spacial score (nSPS) is 10.9. The third-order valence-corrected chi connectivity index (χ3v) is 3.87. The Bertz CT molecular complexity index is 803. The molecule has 0 aliphatic rings. The van der Waals surface area contributed by atoms with E-state index in [1.54, 1.807) is 23.4 Å². The molecule has 1 aromatic carbocycles. The molecule has 0 saturated carbocycles. The van der Waals surface area contributed by atoms with Crippen LogP contribution in [0.15, 0.2) is 54.9 Å². The van der Waals surface area contributed by atoms with Gasteiger partial charge in [0, 0.05) is 31.6 Å².